The fraction of sp³-hybridized carbons (Fsp3) is 0.333. The van der Waals surface area contributed by atoms with E-state index in [4.69, 9.17) is 4.74 Å². The van der Waals surface area contributed by atoms with Gasteiger partial charge in [-0.05, 0) is 46.9 Å². The van der Waals surface area contributed by atoms with Crippen molar-refractivity contribution in [1.29, 1.82) is 0 Å². The summed E-state index contributed by atoms with van der Waals surface area (Å²) >= 11 is 5.36. The lowest BCUT2D eigenvalue weighted by atomic mass is 10.0. The zero-order valence-corrected chi connectivity index (χ0v) is 13.5. The smallest absolute Gasteiger partial charge is 0.103 e. The summed E-state index contributed by atoms with van der Waals surface area (Å²) in [5.74, 6) is 0. The number of benzene rings is 1. The second kappa shape index (κ2) is 7.20. The van der Waals surface area contributed by atoms with E-state index in [9.17, 15) is 0 Å². The Labute approximate surface area is 126 Å². The van der Waals surface area contributed by atoms with Crippen LogP contribution in [0.2, 0.25) is 0 Å². The molecule has 1 heterocycles. The van der Waals surface area contributed by atoms with Crippen molar-refractivity contribution in [2.75, 3.05) is 13.7 Å². The van der Waals surface area contributed by atoms with E-state index in [0.717, 1.165) is 4.47 Å². The fourth-order valence-corrected chi connectivity index (χ4v) is 3.91. The molecule has 0 spiro atoms. The van der Waals surface area contributed by atoms with Crippen LogP contribution in [0.5, 0.6) is 0 Å². The van der Waals surface area contributed by atoms with E-state index in [0.29, 0.717) is 6.61 Å². The van der Waals surface area contributed by atoms with Gasteiger partial charge in [0.05, 0.1) is 6.04 Å². The summed E-state index contributed by atoms with van der Waals surface area (Å²) < 4.78 is 7.12. The Balaban J connectivity index is 2.34. The van der Waals surface area contributed by atoms with E-state index in [1.807, 2.05) is 20.0 Å². The number of ether oxygens (including phenoxy) is 1. The number of halogens is 1. The third kappa shape index (κ3) is 3.45. The lowest BCUT2D eigenvalue weighted by Gasteiger charge is -2.27. The molecule has 2 atom stereocenters. The summed E-state index contributed by atoms with van der Waals surface area (Å²) in [5.41, 5.74) is 1.20. The van der Waals surface area contributed by atoms with Crippen LogP contribution in [-0.2, 0) is 4.74 Å². The molecule has 1 aromatic heterocycles. The van der Waals surface area contributed by atoms with Gasteiger partial charge in [-0.2, -0.15) is 0 Å². The first-order chi connectivity index (χ1) is 9.27. The highest BCUT2D eigenvalue weighted by Gasteiger charge is 2.26. The molecule has 2 rings (SSSR count). The topological polar surface area (TPSA) is 21.3 Å². The van der Waals surface area contributed by atoms with Gasteiger partial charge in [0, 0.05) is 16.0 Å². The first-order valence-electron chi connectivity index (χ1n) is 6.34. The van der Waals surface area contributed by atoms with Crippen LogP contribution in [0.25, 0.3) is 0 Å². The SMILES string of the molecule is CCOC(c1ccccc1)C(NC)c1sccc1Br. The Morgan fingerprint density at radius 2 is 2.00 bits per heavy atom. The molecule has 2 nitrogen and oxygen atoms in total. The highest BCUT2D eigenvalue weighted by molar-refractivity contribution is 9.10. The lowest BCUT2D eigenvalue weighted by molar-refractivity contribution is 0.0354. The molecule has 0 amide bonds. The van der Waals surface area contributed by atoms with Crippen LogP contribution in [0.3, 0.4) is 0 Å². The molecule has 19 heavy (non-hydrogen) atoms. The zero-order chi connectivity index (χ0) is 13.7. The van der Waals surface area contributed by atoms with Gasteiger partial charge in [-0.1, -0.05) is 30.3 Å². The van der Waals surface area contributed by atoms with Crippen LogP contribution in [0.1, 0.15) is 29.5 Å². The maximum absolute atomic E-state index is 5.98. The molecule has 0 aliphatic carbocycles. The first kappa shape index (κ1) is 14.7. The summed E-state index contributed by atoms with van der Waals surface area (Å²) in [6, 6.07) is 12.6. The highest BCUT2D eigenvalue weighted by atomic mass is 79.9. The fourth-order valence-electron chi connectivity index (χ4n) is 2.15. The number of likely N-dealkylation sites (N-methyl/N-ethyl adjacent to an activating group) is 1. The Morgan fingerprint density at radius 3 is 2.53 bits per heavy atom. The van der Waals surface area contributed by atoms with E-state index >= 15 is 0 Å². The quantitative estimate of drug-likeness (QED) is 0.833. The van der Waals surface area contributed by atoms with Crippen LogP contribution < -0.4 is 5.32 Å². The molecule has 0 aliphatic heterocycles. The second-order valence-corrected chi connectivity index (χ2v) is 5.99. The van der Waals surface area contributed by atoms with Crippen molar-refractivity contribution in [3.05, 3.63) is 56.7 Å². The van der Waals surface area contributed by atoms with Gasteiger partial charge in [0.25, 0.3) is 0 Å². The average Bonchev–Trinajstić information content (AvgIpc) is 2.86. The van der Waals surface area contributed by atoms with E-state index in [1.54, 1.807) is 11.3 Å². The minimum Gasteiger partial charge on any atom is -0.372 e. The van der Waals surface area contributed by atoms with Gasteiger partial charge in [0.15, 0.2) is 0 Å². The van der Waals surface area contributed by atoms with E-state index in [2.05, 4.69) is 57.0 Å². The van der Waals surface area contributed by atoms with Gasteiger partial charge in [-0.25, -0.2) is 0 Å². The van der Waals surface area contributed by atoms with Crippen molar-refractivity contribution < 1.29 is 4.74 Å². The molecule has 102 valence electrons. The van der Waals surface area contributed by atoms with Gasteiger partial charge in [0.1, 0.15) is 6.10 Å². The second-order valence-electron chi connectivity index (χ2n) is 4.19. The maximum atomic E-state index is 5.98. The van der Waals surface area contributed by atoms with Crippen LogP contribution >= 0.6 is 27.3 Å². The predicted molar refractivity (Wildman–Crippen MR) is 84.6 cm³/mol. The lowest BCUT2D eigenvalue weighted by Crippen LogP contribution is -2.25. The molecule has 2 unspecified atom stereocenters. The zero-order valence-electron chi connectivity index (χ0n) is 11.1. The van der Waals surface area contributed by atoms with Crippen LogP contribution in [0, 0.1) is 0 Å². The third-order valence-corrected chi connectivity index (χ3v) is 4.97. The monoisotopic (exact) mass is 339 g/mol. The summed E-state index contributed by atoms with van der Waals surface area (Å²) in [6.07, 6.45) is 0.0196. The number of hydrogen-bond acceptors (Lipinski definition) is 3. The van der Waals surface area contributed by atoms with E-state index in [-0.39, 0.29) is 12.1 Å². The Kier molecular flexibility index (Phi) is 5.58. The molecule has 2 aromatic rings. The third-order valence-electron chi connectivity index (χ3n) is 3.02. The van der Waals surface area contributed by atoms with Crippen molar-refractivity contribution in [3.63, 3.8) is 0 Å². The molecule has 1 N–H and O–H groups in total. The van der Waals surface area contributed by atoms with Crippen LogP contribution in [0.4, 0.5) is 0 Å². The molecule has 0 aliphatic rings. The number of nitrogens with one attached hydrogen (secondary N) is 1. The molecule has 0 bridgehead atoms. The van der Waals surface area contributed by atoms with E-state index < -0.39 is 0 Å². The highest BCUT2D eigenvalue weighted by Crippen LogP contribution is 2.38. The molecule has 0 radical (unpaired) electrons. The molecular weight excluding hydrogens is 322 g/mol. The van der Waals surface area contributed by atoms with Crippen LogP contribution in [0.15, 0.2) is 46.3 Å². The molecule has 0 fully saturated rings. The molecule has 1 aromatic carbocycles. The van der Waals surface area contributed by atoms with Gasteiger partial charge in [0.2, 0.25) is 0 Å². The molecule has 0 saturated heterocycles. The minimum atomic E-state index is 0.0196. The maximum Gasteiger partial charge on any atom is 0.103 e. The van der Waals surface area contributed by atoms with Crippen molar-refractivity contribution >= 4 is 27.3 Å². The van der Waals surface area contributed by atoms with Gasteiger partial charge in [-0.15, -0.1) is 11.3 Å². The first-order valence-corrected chi connectivity index (χ1v) is 8.01. The minimum absolute atomic E-state index is 0.0196. The molecular formula is C15H18BrNOS. The summed E-state index contributed by atoms with van der Waals surface area (Å²) in [7, 11) is 1.98. The average molecular weight is 340 g/mol. The van der Waals surface area contributed by atoms with Crippen molar-refractivity contribution in [2.24, 2.45) is 0 Å². The van der Waals surface area contributed by atoms with E-state index in [1.165, 1.54) is 10.4 Å². The summed E-state index contributed by atoms with van der Waals surface area (Å²) in [4.78, 5) is 1.27. The Bertz CT molecular complexity index is 500. The van der Waals surface area contributed by atoms with Crippen molar-refractivity contribution in [1.82, 2.24) is 5.32 Å². The summed E-state index contributed by atoms with van der Waals surface area (Å²) in [5, 5.41) is 5.48. The molecule has 0 saturated carbocycles. The normalized spacial score (nSPS) is 14.3. The van der Waals surface area contributed by atoms with Crippen molar-refractivity contribution in [3.8, 4) is 0 Å². The number of thiophene rings is 1. The Hall–Kier alpha value is -0.680. The number of hydrogen-bond donors (Lipinski definition) is 1. The van der Waals surface area contributed by atoms with Crippen LogP contribution in [-0.4, -0.2) is 13.7 Å². The number of rotatable bonds is 6. The van der Waals surface area contributed by atoms with Gasteiger partial charge < -0.3 is 10.1 Å². The largest absolute Gasteiger partial charge is 0.372 e. The van der Waals surface area contributed by atoms with Gasteiger partial charge in [-0.3, -0.25) is 0 Å². The summed E-state index contributed by atoms with van der Waals surface area (Å²) in [6.45, 7) is 2.73. The Morgan fingerprint density at radius 1 is 1.26 bits per heavy atom. The van der Waals surface area contributed by atoms with Gasteiger partial charge >= 0.3 is 0 Å². The van der Waals surface area contributed by atoms with Crippen molar-refractivity contribution in [2.45, 2.75) is 19.1 Å². The molecule has 4 heteroatoms. The standard InChI is InChI=1S/C15H18BrNOS/c1-3-18-14(11-7-5-4-6-8-11)13(17-2)15-12(16)9-10-19-15/h4-10,13-14,17H,3H2,1-2H3. The predicted octanol–water partition coefficient (Wildman–Crippen LogP) is 4.55.